The monoisotopic (exact) mass is 225 g/mol. The number of hydrogen-bond donors (Lipinski definition) is 0. The Kier molecular flexibility index (Phi) is 2.79. The highest BCUT2D eigenvalue weighted by Crippen LogP contribution is 2.10. The van der Waals surface area contributed by atoms with Crippen LogP contribution in [0.15, 0.2) is 24.3 Å². The summed E-state index contributed by atoms with van der Waals surface area (Å²) in [5.74, 6) is 0.823. The van der Waals surface area contributed by atoms with Crippen molar-refractivity contribution >= 4 is 11.5 Å². The molecule has 2 rings (SSSR count). The summed E-state index contributed by atoms with van der Waals surface area (Å²) in [7, 11) is 0. The summed E-state index contributed by atoms with van der Waals surface area (Å²) in [6.07, 6.45) is 0.771. The van der Waals surface area contributed by atoms with Gasteiger partial charge in [-0.1, -0.05) is 29.8 Å². The third-order valence-electron chi connectivity index (χ3n) is 1.93. The summed E-state index contributed by atoms with van der Waals surface area (Å²) >= 11 is 6.20. The lowest BCUT2D eigenvalue weighted by Gasteiger charge is -1.97. The molecule has 0 amide bonds. The van der Waals surface area contributed by atoms with Gasteiger partial charge in [0.05, 0.1) is 0 Å². The van der Waals surface area contributed by atoms with Gasteiger partial charge in [0.2, 0.25) is 0 Å². The Morgan fingerprint density at radius 3 is 2.57 bits per heavy atom. The summed E-state index contributed by atoms with van der Waals surface area (Å²) in [5.41, 5.74) is 2.49. The van der Waals surface area contributed by atoms with Crippen LogP contribution in [0, 0.1) is 18.5 Å². The second kappa shape index (κ2) is 4.07. The Balaban J connectivity index is 2.15. The van der Waals surface area contributed by atoms with Gasteiger partial charge in [0.1, 0.15) is 0 Å². The molecular weight excluding hydrogens is 216 g/mol. The highest BCUT2D eigenvalue weighted by atomic mass is 35.5. The lowest BCUT2D eigenvalue weighted by atomic mass is 10.1. The molecule has 4 heteroatoms. The normalized spacial score (nSPS) is 10.4. The zero-order chi connectivity index (χ0) is 9.97. The third kappa shape index (κ3) is 2.30. The number of aryl methyl sites for hydroxylation is 1. The third-order valence-corrected chi connectivity index (χ3v) is 2.80. The van der Waals surface area contributed by atoms with E-state index >= 15 is 0 Å². The zero-order valence-corrected chi connectivity index (χ0v) is 9.36. The van der Waals surface area contributed by atoms with Crippen LogP contribution < -0.4 is 0 Å². The maximum absolute atomic E-state index is 4.91. The van der Waals surface area contributed by atoms with Crippen molar-refractivity contribution in [3.05, 3.63) is 45.7 Å². The number of nitrogens with zero attached hydrogens (tertiary/aromatic N) is 2. The van der Waals surface area contributed by atoms with Gasteiger partial charge in [-0.05, 0) is 12.5 Å². The van der Waals surface area contributed by atoms with E-state index in [0.29, 0.717) is 4.47 Å². The minimum atomic E-state index is 0.618. The molecule has 0 N–H and O–H groups in total. The zero-order valence-electron chi connectivity index (χ0n) is 7.73. The molecule has 2 nitrogen and oxygen atoms in total. The smallest absolute Gasteiger partial charge is 0.170 e. The van der Waals surface area contributed by atoms with Crippen LogP contribution in [0.3, 0.4) is 0 Å². The van der Waals surface area contributed by atoms with Crippen LogP contribution >= 0.6 is 11.5 Å². The van der Waals surface area contributed by atoms with Crippen LogP contribution in [0.25, 0.3) is 0 Å². The van der Waals surface area contributed by atoms with Gasteiger partial charge in [-0.15, -0.1) is 0 Å². The van der Waals surface area contributed by atoms with Crippen molar-refractivity contribution in [2.75, 3.05) is 0 Å². The summed E-state index contributed by atoms with van der Waals surface area (Å²) in [6, 6.07) is 8.38. The SMILES string of the molecule is Cc1ccc(Cc2nsc([ClH+])n2)cc1. The first-order valence-corrected chi connectivity index (χ1v) is 5.47. The van der Waals surface area contributed by atoms with E-state index < -0.39 is 0 Å². The van der Waals surface area contributed by atoms with E-state index in [0.717, 1.165) is 12.2 Å². The highest BCUT2D eigenvalue weighted by Gasteiger charge is 2.07. The maximum Gasteiger partial charge on any atom is 0.394 e. The van der Waals surface area contributed by atoms with Gasteiger partial charge in [0.25, 0.3) is 0 Å². The molecule has 0 spiro atoms. The molecule has 0 aliphatic carbocycles. The number of hydrogen-bond acceptors (Lipinski definition) is 3. The molecule has 0 atom stereocenters. The van der Waals surface area contributed by atoms with Gasteiger partial charge < -0.3 is 0 Å². The molecule has 1 aromatic heterocycles. The van der Waals surface area contributed by atoms with Crippen molar-refractivity contribution in [1.29, 1.82) is 0 Å². The van der Waals surface area contributed by atoms with Crippen LogP contribution in [-0.4, -0.2) is 9.36 Å². The standard InChI is InChI=1S/C10H10ClN2S/c1-7-2-4-8(5-3-7)6-9-12-10(11)14-13-9/h2-5,11H,6H2,1H3/q+1. The maximum atomic E-state index is 4.91. The molecule has 0 aliphatic rings. The summed E-state index contributed by atoms with van der Waals surface area (Å²) in [5, 5.41) is 0. The van der Waals surface area contributed by atoms with Crippen molar-refractivity contribution < 1.29 is 11.6 Å². The minimum absolute atomic E-state index is 0.618. The molecular formula is C10H10ClN2S+. The lowest BCUT2D eigenvalue weighted by Crippen LogP contribution is -1.90. The predicted octanol–water partition coefficient (Wildman–Crippen LogP) is 2.13. The Bertz CT molecular complexity index is 422. The minimum Gasteiger partial charge on any atom is -0.170 e. The van der Waals surface area contributed by atoms with Crippen LogP contribution in [0.1, 0.15) is 17.0 Å². The molecule has 0 radical (unpaired) electrons. The number of halogens is 1. The first kappa shape index (κ1) is 9.62. The quantitative estimate of drug-likeness (QED) is 0.783. The summed E-state index contributed by atoms with van der Waals surface area (Å²) in [4.78, 5) is 4.15. The largest absolute Gasteiger partial charge is 0.394 e. The number of aromatic nitrogens is 2. The Morgan fingerprint density at radius 2 is 2.00 bits per heavy atom. The number of benzene rings is 1. The molecule has 0 bridgehead atoms. The van der Waals surface area contributed by atoms with Gasteiger partial charge >= 0.3 is 4.47 Å². The molecule has 0 saturated heterocycles. The summed E-state index contributed by atoms with van der Waals surface area (Å²) < 4.78 is 4.78. The average Bonchev–Trinajstić information content (AvgIpc) is 2.56. The molecule has 2 aromatic rings. The molecule has 0 saturated carbocycles. The Morgan fingerprint density at radius 1 is 1.29 bits per heavy atom. The van der Waals surface area contributed by atoms with Crippen molar-refractivity contribution in [1.82, 2.24) is 9.36 Å². The van der Waals surface area contributed by atoms with E-state index in [-0.39, 0.29) is 0 Å². The van der Waals surface area contributed by atoms with Gasteiger partial charge in [0.15, 0.2) is 17.4 Å². The van der Waals surface area contributed by atoms with Crippen molar-refractivity contribution in [3.8, 4) is 0 Å². The van der Waals surface area contributed by atoms with Crippen LogP contribution in [0.5, 0.6) is 0 Å². The van der Waals surface area contributed by atoms with Crippen LogP contribution in [0.4, 0.5) is 0 Å². The second-order valence-electron chi connectivity index (χ2n) is 3.14. The number of rotatable bonds is 2. The second-order valence-corrected chi connectivity index (χ2v) is 4.54. The van der Waals surface area contributed by atoms with Crippen molar-refractivity contribution in [2.24, 2.45) is 0 Å². The predicted molar refractivity (Wildman–Crippen MR) is 54.4 cm³/mol. The van der Waals surface area contributed by atoms with Gasteiger partial charge in [-0.3, -0.25) is 0 Å². The molecule has 0 fully saturated rings. The summed E-state index contributed by atoms with van der Waals surface area (Å²) in [6.45, 7) is 2.08. The highest BCUT2D eigenvalue weighted by molar-refractivity contribution is 7.05. The Hall–Kier alpha value is -0.930. The average molecular weight is 226 g/mol. The van der Waals surface area contributed by atoms with E-state index in [9.17, 15) is 0 Å². The first-order chi connectivity index (χ1) is 6.74. The van der Waals surface area contributed by atoms with E-state index in [2.05, 4.69) is 40.5 Å². The van der Waals surface area contributed by atoms with E-state index in [1.54, 1.807) is 0 Å². The Labute approximate surface area is 91.7 Å². The van der Waals surface area contributed by atoms with E-state index in [1.165, 1.54) is 22.7 Å². The molecule has 14 heavy (non-hydrogen) atoms. The molecule has 1 heterocycles. The van der Waals surface area contributed by atoms with Crippen molar-refractivity contribution in [2.45, 2.75) is 13.3 Å². The van der Waals surface area contributed by atoms with Gasteiger partial charge in [-0.2, -0.15) is 9.36 Å². The fourth-order valence-corrected chi connectivity index (χ4v) is 1.85. The van der Waals surface area contributed by atoms with Gasteiger partial charge in [0, 0.05) is 18.0 Å². The molecule has 1 aromatic carbocycles. The van der Waals surface area contributed by atoms with Crippen LogP contribution in [-0.2, 0) is 6.42 Å². The fraction of sp³-hybridized carbons (Fsp3) is 0.200. The fourth-order valence-electron chi connectivity index (χ4n) is 1.20. The lowest BCUT2D eigenvalue weighted by molar-refractivity contribution is -0.288. The molecule has 72 valence electrons. The topological polar surface area (TPSA) is 25.8 Å². The van der Waals surface area contributed by atoms with E-state index in [4.69, 9.17) is 11.6 Å². The van der Waals surface area contributed by atoms with Crippen molar-refractivity contribution in [3.63, 3.8) is 0 Å². The van der Waals surface area contributed by atoms with Crippen LogP contribution in [0.2, 0.25) is 4.47 Å². The van der Waals surface area contributed by atoms with Gasteiger partial charge in [-0.25, -0.2) is 0 Å². The molecule has 0 unspecified atom stereocenters. The first-order valence-electron chi connectivity index (χ1n) is 4.29. The molecule has 0 aliphatic heterocycles. The van der Waals surface area contributed by atoms with E-state index in [1.807, 2.05) is 0 Å².